The molecule has 3 heterocycles. The molecule has 5 rings (SSSR count). The van der Waals surface area contributed by atoms with Gasteiger partial charge in [-0.3, -0.25) is 9.59 Å². The SMILES string of the molecule is CC1CCCC(NC(=O)C2C3C=CC4(CN(Cc5ccccc5Cl)C(=O)C24)O3)C1C. The maximum Gasteiger partial charge on any atom is 0.230 e. The maximum atomic E-state index is 13.4. The van der Waals surface area contributed by atoms with E-state index in [1.807, 2.05) is 36.4 Å². The minimum Gasteiger partial charge on any atom is -0.360 e. The summed E-state index contributed by atoms with van der Waals surface area (Å²) >= 11 is 6.31. The molecule has 7 unspecified atom stereocenters. The second-order valence-electron chi connectivity index (χ2n) is 9.57. The van der Waals surface area contributed by atoms with Crippen molar-refractivity contribution in [3.8, 4) is 0 Å². The zero-order chi connectivity index (χ0) is 21.0. The summed E-state index contributed by atoms with van der Waals surface area (Å²) in [5.41, 5.74) is 0.227. The van der Waals surface area contributed by atoms with E-state index in [1.165, 1.54) is 6.42 Å². The lowest BCUT2D eigenvalue weighted by Gasteiger charge is -2.36. The predicted molar refractivity (Wildman–Crippen MR) is 115 cm³/mol. The first kappa shape index (κ1) is 20.1. The number of amides is 2. The largest absolute Gasteiger partial charge is 0.360 e. The van der Waals surface area contributed by atoms with Crippen molar-refractivity contribution in [3.05, 3.63) is 47.0 Å². The highest BCUT2D eigenvalue weighted by Gasteiger charge is 2.66. The summed E-state index contributed by atoms with van der Waals surface area (Å²) in [4.78, 5) is 28.5. The number of nitrogens with zero attached hydrogens (tertiary/aromatic N) is 1. The summed E-state index contributed by atoms with van der Waals surface area (Å²) in [7, 11) is 0. The summed E-state index contributed by atoms with van der Waals surface area (Å²) in [5, 5.41) is 3.93. The van der Waals surface area contributed by atoms with Crippen LogP contribution in [0.4, 0.5) is 0 Å². The first-order chi connectivity index (χ1) is 14.4. The average Bonchev–Trinajstić information content (AvgIpc) is 3.35. The highest BCUT2D eigenvalue weighted by atomic mass is 35.5. The first-order valence-electron chi connectivity index (χ1n) is 11.1. The Balaban J connectivity index is 1.35. The Bertz CT molecular complexity index is 902. The van der Waals surface area contributed by atoms with Crippen LogP contribution in [0.2, 0.25) is 5.02 Å². The van der Waals surface area contributed by atoms with Gasteiger partial charge in [0.15, 0.2) is 0 Å². The molecule has 3 fully saturated rings. The fourth-order valence-corrected chi connectivity index (χ4v) is 6.10. The van der Waals surface area contributed by atoms with Gasteiger partial charge in [0, 0.05) is 17.6 Å². The molecule has 30 heavy (non-hydrogen) atoms. The molecular weight excluding hydrogens is 400 g/mol. The van der Waals surface area contributed by atoms with E-state index in [2.05, 4.69) is 19.2 Å². The molecule has 6 heteroatoms. The molecule has 1 aliphatic carbocycles. The Labute approximate surface area is 182 Å². The summed E-state index contributed by atoms with van der Waals surface area (Å²) in [5.74, 6) is 0.102. The third-order valence-electron chi connectivity index (χ3n) is 7.84. The molecule has 2 saturated heterocycles. The van der Waals surface area contributed by atoms with Crippen molar-refractivity contribution in [2.75, 3.05) is 6.54 Å². The first-order valence-corrected chi connectivity index (χ1v) is 11.5. The Kier molecular flexibility index (Phi) is 4.94. The van der Waals surface area contributed by atoms with Gasteiger partial charge >= 0.3 is 0 Å². The number of fused-ring (bicyclic) bond motifs is 1. The molecule has 3 aliphatic heterocycles. The molecule has 4 aliphatic rings. The van der Waals surface area contributed by atoms with E-state index in [0.717, 1.165) is 18.4 Å². The van der Waals surface area contributed by atoms with Crippen LogP contribution in [0, 0.1) is 23.7 Å². The number of benzene rings is 1. The monoisotopic (exact) mass is 428 g/mol. The second-order valence-corrected chi connectivity index (χ2v) is 9.98. The van der Waals surface area contributed by atoms with Gasteiger partial charge in [-0.05, 0) is 29.9 Å². The van der Waals surface area contributed by atoms with Gasteiger partial charge in [-0.15, -0.1) is 0 Å². The third-order valence-corrected chi connectivity index (χ3v) is 8.20. The zero-order valence-electron chi connectivity index (χ0n) is 17.5. The highest BCUT2D eigenvalue weighted by molar-refractivity contribution is 6.31. The van der Waals surface area contributed by atoms with Crippen LogP contribution in [0.1, 0.15) is 38.7 Å². The van der Waals surface area contributed by atoms with E-state index in [1.54, 1.807) is 4.90 Å². The number of halogens is 1. The minimum atomic E-state index is -0.684. The van der Waals surface area contributed by atoms with E-state index >= 15 is 0 Å². The highest BCUT2D eigenvalue weighted by Crippen LogP contribution is 2.52. The van der Waals surface area contributed by atoms with Gasteiger partial charge in [0.25, 0.3) is 0 Å². The van der Waals surface area contributed by atoms with Crippen LogP contribution in [-0.4, -0.2) is 41.0 Å². The molecule has 1 aromatic carbocycles. The number of rotatable bonds is 4. The number of likely N-dealkylation sites (tertiary alicyclic amines) is 1. The lowest BCUT2D eigenvalue weighted by Crippen LogP contribution is -2.50. The van der Waals surface area contributed by atoms with Crippen molar-refractivity contribution in [3.63, 3.8) is 0 Å². The molecule has 1 saturated carbocycles. The Morgan fingerprint density at radius 2 is 2.10 bits per heavy atom. The molecular formula is C24H29ClN2O3. The molecule has 2 bridgehead atoms. The molecule has 1 N–H and O–H groups in total. The van der Waals surface area contributed by atoms with Crippen molar-refractivity contribution in [2.24, 2.45) is 23.7 Å². The van der Waals surface area contributed by atoms with Crippen LogP contribution in [0.25, 0.3) is 0 Å². The second kappa shape index (κ2) is 7.38. The van der Waals surface area contributed by atoms with Gasteiger partial charge in [0.2, 0.25) is 11.8 Å². The van der Waals surface area contributed by atoms with Gasteiger partial charge in [-0.1, -0.05) is 68.6 Å². The van der Waals surface area contributed by atoms with Crippen molar-refractivity contribution in [1.29, 1.82) is 0 Å². The Morgan fingerprint density at radius 1 is 1.30 bits per heavy atom. The van der Waals surface area contributed by atoms with E-state index in [4.69, 9.17) is 16.3 Å². The van der Waals surface area contributed by atoms with Crippen LogP contribution >= 0.6 is 11.6 Å². The van der Waals surface area contributed by atoms with Crippen LogP contribution in [0.5, 0.6) is 0 Å². The predicted octanol–water partition coefficient (Wildman–Crippen LogP) is 3.56. The van der Waals surface area contributed by atoms with Gasteiger partial charge in [0.1, 0.15) is 5.60 Å². The zero-order valence-corrected chi connectivity index (χ0v) is 18.3. The van der Waals surface area contributed by atoms with Crippen LogP contribution in [0.3, 0.4) is 0 Å². The smallest absolute Gasteiger partial charge is 0.230 e. The lowest BCUT2D eigenvalue weighted by atomic mass is 9.75. The average molecular weight is 429 g/mol. The maximum absolute atomic E-state index is 13.4. The van der Waals surface area contributed by atoms with E-state index in [0.29, 0.717) is 29.9 Å². The van der Waals surface area contributed by atoms with Gasteiger partial charge in [0.05, 0.1) is 24.5 Å². The number of carbonyl (C=O) groups excluding carboxylic acids is 2. The van der Waals surface area contributed by atoms with E-state index in [-0.39, 0.29) is 24.0 Å². The normalized spacial score (nSPS) is 39.4. The number of hydrogen-bond donors (Lipinski definition) is 1. The fraction of sp³-hybridized carbons (Fsp3) is 0.583. The fourth-order valence-electron chi connectivity index (χ4n) is 5.91. The topological polar surface area (TPSA) is 58.6 Å². The van der Waals surface area contributed by atoms with Gasteiger partial charge in [-0.25, -0.2) is 0 Å². The molecule has 0 radical (unpaired) electrons. The molecule has 0 aromatic heterocycles. The summed E-state index contributed by atoms with van der Waals surface area (Å²) in [6.45, 7) is 5.38. The molecule has 1 aromatic rings. The number of nitrogens with one attached hydrogen (secondary N) is 1. The molecule has 1 spiro atoms. The Morgan fingerprint density at radius 3 is 2.90 bits per heavy atom. The van der Waals surface area contributed by atoms with E-state index < -0.39 is 17.4 Å². The summed E-state index contributed by atoms with van der Waals surface area (Å²) in [6.07, 6.45) is 7.03. The summed E-state index contributed by atoms with van der Waals surface area (Å²) < 4.78 is 6.26. The van der Waals surface area contributed by atoms with Crippen molar-refractivity contribution in [2.45, 2.75) is 57.4 Å². The quantitative estimate of drug-likeness (QED) is 0.746. The molecule has 160 valence electrons. The number of hydrogen-bond acceptors (Lipinski definition) is 3. The van der Waals surface area contributed by atoms with Crippen molar-refractivity contribution < 1.29 is 14.3 Å². The molecule has 5 nitrogen and oxygen atoms in total. The van der Waals surface area contributed by atoms with Gasteiger partial charge < -0.3 is 15.0 Å². The Hall–Kier alpha value is -1.85. The minimum absolute atomic E-state index is 0.00743. The van der Waals surface area contributed by atoms with Gasteiger partial charge in [-0.2, -0.15) is 0 Å². The van der Waals surface area contributed by atoms with Crippen LogP contribution < -0.4 is 5.32 Å². The summed E-state index contributed by atoms with van der Waals surface area (Å²) in [6, 6.07) is 7.75. The number of carbonyl (C=O) groups is 2. The van der Waals surface area contributed by atoms with Crippen molar-refractivity contribution >= 4 is 23.4 Å². The third kappa shape index (κ3) is 3.09. The van der Waals surface area contributed by atoms with Crippen molar-refractivity contribution in [1.82, 2.24) is 10.2 Å². The number of ether oxygens (including phenoxy) is 1. The standard InChI is InChI=1S/C24H29ClN2O3/c1-14-6-5-9-18(15(14)2)26-22(28)20-19-10-11-24(30-19)13-27(23(29)21(20)24)12-16-7-3-4-8-17(16)25/h3-4,7-8,10-11,14-15,18-21H,5-6,9,12-13H2,1-2H3,(H,26,28). The molecule has 7 atom stereocenters. The van der Waals surface area contributed by atoms with E-state index in [9.17, 15) is 9.59 Å². The van der Waals surface area contributed by atoms with Crippen LogP contribution in [0.15, 0.2) is 36.4 Å². The lowest BCUT2D eigenvalue weighted by molar-refractivity contribution is -0.138. The molecule has 2 amide bonds. The van der Waals surface area contributed by atoms with Crippen LogP contribution in [-0.2, 0) is 20.9 Å².